The van der Waals surface area contributed by atoms with Gasteiger partial charge in [0.1, 0.15) is 0 Å². The van der Waals surface area contributed by atoms with E-state index in [1.54, 1.807) is 29.2 Å². The van der Waals surface area contributed by atoms with Gasteiger partial charge in [0.25, 0.3) is 5.91 Å². The second-order valence-corrected chi connectivity index (χ2v) is 7.10. The van der Waals surface area contributed by atoms with Gasteiger partial charge in [-0.3, -0.25) is 9.59 Å². The summed E-state index contributed by atoms with van der Waals surface area (Å²) in [6.07, 6.45) is -2.63. The number of rotatable bonds is 5. The Bertz CT molecular complexity index is 895. The molecule has 0 bridgehead atoms. The van der Waals surface area contributed by atoms with Crippen molar-refractivity contribution in [1.82, 2.24) is 4.90 Å². The van der Waals surface area contributed by atoms with Crippen LogP contribution in [0, 0.1) is 0 Å². The molecule has 9 heteroatoms. The molecule has 1 heterocycles. The SMILES string of the molecule is O=C(CNc1ccc(C(=O)N2CCCC2)cc1)Nc1ccc(Cl)cc1C(F)(F)F. The monoisotopic (exact) mass is 425 g/mol. The van der Waals surface area contributed by atoms with Gasteiger partial charge in [-0.2, -0.15) is 13.2 Å². The average molecular weight is 426 g/mol. The van der Waals surface area contributed by atoms with Crippen molar-refractivity contribution in [2.45, 2.75) is 19.0 Å². The van der Waals surface area contributed by atoms with Crippen molar-refractivity contribution >= 4 is 34.8 Å². The summed E-state index contributed by atoms with van der Waals surface area (Å²) in [7, 11) is 0. The van der Waals surface area contributed by atoms with Gasteiger partial charge in [-0.15, -0.1) is 0 Å². The lowest BCUT2D eigenvalue weighted by Crippen LogP contribution is -2.27. The lowest BCUT2D eigenvalue weighted by atomic mass is 10.1. The smallest absolute Gasteiger partial charge is 0.376 e. The predicted octanol–water partition coefficient (Wildman–Crippen LogP) is 4.65. The van der Waals surface area contributed by atoms with Crippen LogP contribution in [0.1, 0.15) is 28.8 Å². The molecule has 2 aromatic carbocycles. The highest BCUT2D eigenvalue weighted by Crippen LogP contribution is 2.36. The minimum atomic E-state index is -4.64. The third-order valence-electron chi connectivity index (χ3n) is 4.54. The number of carbonyl (C=O) groups excluding carboxylic acids is 2. The maximum Gasteiger partial charge on any atom is 0.418 e. The van der Waals surface area contributed by atoms with Crippen LogP contribution in [0.5, 0.6) is 0 Å². The Morgan fingerprint density at radius 1 is 1.03 bits per heavy atom. The lowest BCUT2D eigenvalue weighted by Gasteiger charge is -2.16. The van der Waals surface area contributed by atoms with Crippen molar-refractivity contribution in [3.05, 3.63) is 58.6 Å². The number of halogens is 4. The van der Waals surface area contributed by atoms with Crippen molar-refractivity contribution < 1.29 is 22.8 Å². The summed E-state index contributed by atoms with van der Waals surface area (Å²) in [6, 6.07) is 9.77. The molecule has 0 saturated carbocycles. The Morgan fingerprint density at radius 2 is 1.69 bits per heavy atom. The highest BCUT2D eigenvalue weighted by Gasteiger charge is 2.34. The van der Waals surface area contributed by atoms with Crippen molar-refractivity contribution in [3.8, 4) is 0 Å². The standard InChI is InChI=1S/C20H19ClF3N3O2/c21-14-5-8-17(16(11-14)20(22,23)24)26-18(28)12-25-15-6-3-13(4-7-15)19(29)27-9-1-2-10-27/h3-8,11,25H,1-2,9-10,12H2,(H,26,28). The molecule has 1 aliphatic heterocycles. The molecule has 154 valence electrons. The van der Waals surface area contributed by atoms with Gasteiger partial charge >= 0.3 is 6.18 Å². The average Bonchev–Trinajstić information content (AvgIpc) is 3.21. The van der Waals surface area contributed by atoms with Gasteiger partial charge in [0.15, 0.2) is 0 Å². The number of nitrogens with one attached hydrogen (secondary N) is 2. The van der Waals surface area contributed by atoms with E-state index in [0.717, 1.165) is 38.1 Å². The minimum absolute atomic E-state index is 0.0331. The van der Waals surface area contributed by atoms with Crippen LogP contribution in [0.2, 0.25) is 5.02 Å². The summed E-state index contributed by atoms with van der Waals surface area (Å²) in [5, 5.41) is 4.99. The number of alkyl halides is 3. The van der Waals surface area contributed by atoms with Crippen LogP contribution in [0.4, 0.5) is 24.5 Å². The van der Waals surface area contributed by atoms with Crippen LogP contribution < -0.4 is 10.6 Å². The number of carbonyl (C=O) groups is 2. The van der Waals surface area contributed by atoms with Crippen LogP contribution in [-0.2, 0) is 11.0 Å². The fourth-order valence-corrected chi connectivity index (χ4v) is 3.24. The minimum Gasteiger partial charge on any atom is -0.376 e. The first kappa shape index (κ1) is 21.0. The second-order valence-electron chi connectivity index (χ2n) is 6.67. The summed E-state index contributed by atoms with van der Waals surface area (Å²) >= 11 is 5.63. The molecule has 0 atom stereocenters. The van der Waals surface area contributed by atoms with Gasteiger partial charge in [-0.05, 0) is 55.3 Å². The predicted molar refractivity (Wildman–Crippen MR) is 105 cm³/mol. The number of amides is 2. The van der Waals surface area contributed by atoms with Gasteiger partial charge in [0.2, 0.25) is 5.91 Å². The zero-order valence-corrected chi connectivity index (χ0v) is 16.1. The van der Waals surface area contributed by atoms with Crippen LogP contribution in [0.15, 0.2) is 42.5 Å². The first-order chi connectivity index (χ1) is 13.7. The van der Waals surface area contributed by atoms with E-state index >= 15 is 0 Å². The van der Waals surface area contributed by atoms with E-state index in [-0.39, 0.29) is 23.2 Å². The molecule has 0 spiro atoms. The topological polar surface area (TPSA) is 61.4 Å². The fourth-order valence-electron chi connectivity index (χ4n) is 3.07. The molecule has 0 aliphatic carbocycles. The van der Waals surface area contributed by atoms with Crippen molar-refractivity contribution in [2.24, 2.45) is 0 Å². The molecule has 2 N–H and O–H groups in total. The van der Waals surface area contributed by atoms with Gasteiger partial charge in [-0.25, -0.2) is 0 Å². The molecular weight excluding hydrogens is 407 g/mol. The number of anilines is 2. The molecule has 0 unspecified atom stereocenters. The molecule has 1 saturated heterocycles. The summed E-state index contributed by atoms with van der Waals surface area (Å²) in [4.78, 5) is 26.2. The zero-order chi connectivity index (χ0) is 21.0. The number of nitrogens with zero attached hydrogens (tertiary/aromatic N) is 1. The summed E-state index contributed by atoms with van der Waals surface area (Å²) in [6.45, 7) is 1.27. The fraction of sp³-hybridized carbons (Fsp3) is 0.300. The molecule has 1 aliphatic rings. The second kappa shape index (κ2) is 8.73. The van der Waals surface area contributed by atoms with E-state index < -0.39 is 17.6 Å². The molecular formula is C20H19ClF3N3O2. The Kier molecular flexibility index (Phi) is 6.32. The lowest BCUT2D eigenvalue weighted by molar-refractivity contribution is -0.137. The van der Waals surface area contributed by atoms with E-state index in [0.29, 0.717) is 11.3 Å². The van der Waals surface area contributed by atoms with E-state index in [1.807, 2.05) is 0 Å². The number of likely N-dealkylation sites (tertiary alicyclic amines) is 1. The van der Waals surface area contributed by atoms with Crippen LogP contribution in [0.3, 0.4) is 0 Å². The van der Waals surface area contributed by atoms with Gasteiger partial charge in [0, 0.05) is 29.4 Å². The maximum atomic E-state index is 13.1. The van der Waals surface area contributed by atoms with E-state index in [2.05, 4.69) is 10.6 Å². The molecule has 29 heavy (non-hydrogen) atoms. The largest absolute Gasteiger partial charge is 0.418 e. The summed E-state index contributed by atoms with van der Waals surface area (Å²) < 4.78 is 39.3. The molecule has 2 aromatic rings. The third kappa shape index (κ3) is 5.41. The van der Waals surface area contributed by atoms with E-state index in [4.69, 9.17) is 11.6 Å². The Morgan fingerprint density at radius 3 is 2.31 bits per heavy atom. The molecule has 3 rings (SSSR count). The molecule has 2 amide bonds. The van der Waals surface area contributed by atoms with Gasteiger partial charge < -0.3 is 15.5 Å². The maximum absolute atomic E-state index is 13.1. The highest BCUT2D eigenvalue weighted by molar-refractivity contribution is 6.30. The molecule has 0 radical (unpaired) electrons. The summed E-state index contributed by atoms with van der Waals surface area (Å²) in [5.41, 5.74) is -0.244. The Labute approximate surface area is 170 Å². The summed E-state index contributed by atoms with van der Waals surface area (Å²) in [5.74, 6) is -0.677. The van der Waals surface area contributed by atoms with Gasteiger partial charge in [0.05, 0.1) is 17.8 Å². The van der Waals surface area contributed by atoms with Crippen molar-refractivity contribution in [1.29, 1.82) is 0 Å². The molecule has 0 aromatic heterocycles. The van der Waals surface area contributed by atoms with Crippen molar-refractivity contribution in [2.75, 3.05) is 30.3 Å². The van der Waals surface area contributed by atoms with Crippen LogP contribution in [0.25, 0.3) is 0 Å². The van der Waals surface area contributed by atoms with E-state index in [1.165, 1.54) is 6.07 Å². The van der Waals surface area contributed by atoms with Crippen LogP contribution in [-0.4, -0.2) is 36.3 Å². The number of benzene rings is 2. The highest BCUT2D eigenvalue weighted by atomic mass is 35.5. The first-order valence-electron chi connectivity index (χ1n) is 9.04. The zero-order valence-electron chi connectivity index (χ0n) is 15.4. The number of hydrogen-bond donors (Lipinski definition) is 2. The van der Waals surface area contributed by atoms with Crippen molar-refractivity contribution in [3.63, 3.8) is 0 Å². The normalized spacial score (nSPS) is 14.0. The van der Waals surface area contributed by atoms with E-state index in [9.17, 15) is 22.8 Å². The van der Waals surface area contributed by atoms with Crippen LogP contribution >= 0.6 is 11.6 Å². The van der Waals surface area contributed by atoms with Gasteiger partial charge in [-0.1, -0.05) is 11.6 Å². The Balaban J connectivity index is 1.58. The number of hydrogen-bond acceptors (Lipinski definition) is 3. The Hall–Kier alpha value is -2.74. The molecule has 1 fully saturated rings. The first-order valence-corrected chi connectivity index (χ1v) is 9.41. The molecule has 5 nitrogen and oxygen atoms in total. The third-order valence-corrected chi connectivity index (χ3v) is 4.77. The quantitative estimate of drug-likeness (QED) is 0.733.